The number of halogens is 5. The quantitative estimate of drug-likeness (QED) is 0.838. The molecule has 1 atom stereocenters. The predicted molar refractivity (Wildman–Crippen MR) is 56.0 cm³/mol. The lowest BCUT2D eigenvalue weighted by molar-refractivity contribution is -0.138. The van der Waals surface area contributed by atoms with Crippen LogP contribution in [0.4, 0.5) is 17.6 Å². The molecule has 0 aliphatic carbocycles. The molecule has 0 amide bonds. The summed E-state index contributed by atoms with van der Waals surface area (Å²) < 4.78 is 49.0. The number of hydrogen-bond acceptors (Lipinski definition) is 2. The molecule has 17 heavy (non-hydrogen) atoms. The van der Waals surface area contributed by atoms with Gasteiger partial charge in [0.1, 0.15) is 11.9 Å². The van der Waals surface area contributed by atoms with E-state index in [1.807, 2.05) is 0 Å². The van der Waals surface area contributed by atoms with Gasteiger partial charge in [-0.05, 0) is 17.7 Å². The third kappa shape index (κ3) is 4.59. The van der Waals surface area contributed by atoms with E-state index in [-0.39, 0.29) is 23.5 Å². The minimum atomic E-state index is -4.39. The van der Waals surface area contributed by atoms with Crippen molar-refractivity contribution in [1.82, 2.24) is 0 Å². The minimum Gasteiger partial charge on any atom is -0.324 e. The van der Waals surface area contributed by atoms with Gasteiger partial charge in [-0.2, -0.15) is 18.4 Å². The molecule has 0 spiro atoms. The molecule has 0 aliphatic heterocycles. The number of alkyl halides is 3. The lowest BCUT2D eigenvalue weighted by Gasteiger charge is -2.14. The summed E-state index contributed by atoms with van der Waals surface area (Å²) in [4.78, 5) is 0. The highest BCUT2D eigenvalue weighted by molar-refractivity contribution is 5.85. The van der Waals surface area contributed by atoms with Crippen LogP contribution in [0.3, 0.4) is 0 Å². The Balaban J connectivity index is 0.00000256. The van der Waals surface area contributed by atoms with Crippen molar-refractivity contribution in [2.75, 3.05) is 0 Å². The van der Waals surface area contributed by atoms with Crippen molar-refractivity contribution < 1.29 is 17.6 Å². The second-order valence-corrected chi connectivity index (χ2v) is 3.28. The Labute approximate surface area is 101 Å². The second kappa shape index (κ2) is 5.84. The maximum atomic E-state index is 12.9. The van der Waals surface area contributed by atoms with Crippen molar-refractivity contribution >= 4 is 12.4 Å². The Morgan fingerprint density at radius 3 is 2.41 bits per heavy atom. The standard InChI is InChI=1S/C10H8F4N2.ClH/c11-8-2-1-6(3-7(8)5-15)9(16)4-10(12,13)14;/h1-3,9H,4,16H2;1H/t9-;/m1./s1. The van der Waals surface area contributed by atoms with Crippen LogP contribution < -0.4 is 5.73 Å². The summed E-state index contributed by atoms with van der Waals surface area (Å²) in [6.07, 6.45) is -5.59. The number of hydrogen-bond donors (Lipinski definition) is 1. The Bertz CT molecular complexity index is 425. The molecule has 7 heteroatoms. The highest BCUT2D eigenvalue weighted by Gasteiger charge is 2.31. The smallest absolute Gasteiger partial charge is 0.324 e. The van der Waals surface area contributed by atoms with E-state index in [0.717, 1.165) is 18.2 Å². The minimum absolute atomic E-state index is 0. The Hall–Kier alpha value is -1.32. The third-order valence-electron chi connectivity index (χ3n) is 1.99. The van der Waals surface area contributed by atoms with E-state index in [1.54, 1.807) is 6.07 Å². The Kier molecular flexibility index (Phi) is 5.39. The number of nitrogens with zero attached hydrogens (tertiary/aromatic N) is 1. The number of benzene rings is 1. The molecule has 2 N–H and O–H groups in total. The van der Waals surface area contributed by atoms with Crippen LogP contribution in [0.25, 0.3) is 0 Å². The fourth-order valence-electron chi connectivity index (χ4n) is 1.23. The van der Waals surface area contributed by atoms with E-state index >= 15 is 0 Å². The molecular formula is C10H9ClF4N2. The normalized spacial score (nSPS) is 12.5. The maximum absolute atomic E-state index is 12.9. The van der Waals surface area contributed by atoms with Crippen LogP contribution in [-0.2, 0) is 0 Å². The molecule has 94 valence electrons. The fourth-order valence-corrected chi connectivity index (χ4v) is 1.23. The zero-order valence-electron chi connectivity index (χ0n) is 8.46. The van der Waals surface area contributed by atoms with E-state index in [2.05, 4.69) is 0 Å². The van der Waals surface area contributed by atoms with Crippen molar-refractivity contribution in [2.24, 2.45) is 5.73 Å². The van der Waals surface area contributed by atoms with Crippen LogP contribution in [0.2, 0.25) is 0 Å². The molecule has 0 bridgehead atoms. The van der Waals surface area contributed by atoms with Gasteiger partial charge in [0.15, 0.2) is 0 Å². The fraction of sp³-hybridized carbons (Fsp3) is 0.300. The highest BCUT2D eigenvalue weighted by atomic mass is 35.5. The van der Waals surface area contributed by atoms with Gasteiger partial charge in [0.2, 0.25) is 0 Å². The predicted octanol–water partition coefficient (Wildman–Crippen LogP) is 3.07. The van der Waals surface area contributed by atoms with Crippen molar-refractivity contribution in [2.45, 2.75) is 18.6 Å². The van der Waals surface area contributed by atoms with E-state index in [9.17, 15) is 17.6 Å². The molecule has 1 rings (SSSR count). The van der Waals surface area contributed by atoms with Gasteiger partial charge < -0.3 is 5.73 Å². The maximum Gasteiger partial charge on any atom is 0.390 e. The van der Waals surface area contributed by atoms with Crippen LogP contribution in [-0.4, -0.2) is 6.18 Å². The topological polar surface area (TPSA) is 49.8 Å². The van der Waals surface area contributed by atoms with Gasteiger partial charge in [0.05, 0.1) is 12.0 Å². The molecule has 2 nitrogen and oxygen atoms in total. The largest absolute Gasteiger partial charge is 0.390 e. The number of nitriles is 1. The average Bonchev–Trinajstić information content (AvgIpc) is 2.15. The first kappa shape index (κ1) is 15.7. The van der Waals surface area contributed by atoms with Gasteiger partial charge in [-0.1, -0.05) is 6.07 Å². The summed E-state index contributed by atoms with van der Waals surface area (Å²) in [5.74, 6) is -0.773. The summed E-state index contributed by atoms with van der Waals surface area (Å²) in [7, 11) is 0. The summed E-state index contributed by atoms with van der Waals surface area (Å²) in [6.45, 7) is 0. The van der Waals surface area contributed by atoms with Crippen molar-refractivity contribution in [1.29, 1.82) is 5.26 Å². The summed E-state index contributed by atoms with van der Waals surface area (Å²) in [5, 5.41) is 8.50. The van der Waals surface area contributed by atoms with Crippen LogP contribution in [0.1, 0.15) is 23.6 Å². The molecule has 0 radical (unpaired) electrons. The van der Waals surface area contributed by atoms with Crippen molar-refractivity contribution in [3.8, 4) is 6.07 Å². The average molecular weight is 269 g/mol. The Morgan fingerprint density at radius 2 is 1.94 bits per heavy atom. The monoisotopic (exact) mass is 268 g/mol. The molecule has 1 aromatic rings. The number of rotatable bonds is 2. The van der Waals surface area contributed by atoms with Crippen molar-refractivity contribution in [3.63, 3.8) is 0 Å². The molecule has 0 aliphatic rings. The molecule has 0 saturated carbocycles. The first-order valence-corrected chi connectivity index (χ1v) is 4.35. The zero-order valence-corrected chi connectivity index (χ0v) is 9.28. The van der Waals surface area contributed by atoms with E-state index in [1.165, 1.54) is 0 Å². The van der Waals surface area contributed by atoms with Crippen molar-refractivity contribution in [3.05, 3.63) is 35.1 Å². The van der Waals surface area contributed by atoms with Gasteiger partial charge in [0.25, 0.3) is 0 Å². The van der Waals surface area contributed by atoms with Gasteiger partial charge in [-0.3, -0.25) is 0 Å². The third-order valence-corrected chi connectivity index (χ3v) is 1.99. The first-order chi connectivity index (χ1) is 7.33. The van der Waals surface area contributed by atoms with Gasteiger partial charge in [0, 0.05) is 6.04 Å². The van der Waals surface area contributed by atoms with E-state index < -0.39 is 24.5 Å². The Morgan fingerprint density at radius 1 is 1.35 bits per heavy atom. The molecule has 0 unspecified atom stereocenters. The van der Waals surface area contributed by atoms with Crippen LogP contribution in [0.5, 0.6) is 0 Å². The lowest BCUT2D eigenvalue weighted by Crippen LogP contribution is -2.20. The molecule has 0 saturated heterocycles. The highest BCUT2D eigenvalue weighted by Crippen LogP contribution is 2.28. The molecule has 1 aromatic carbocycles. The van der Waals surface area contributed by atoms with Gasteiger partial charge in [-0.25, -0.2) is 4.39 Å². The molecule has 0 heterocycles. The second-order valence-electron chi connectivity index (χ2n) is 3.28. The molecular weight excluding hydrogens is 260 g/mol. The van der Waals surface area contributed by atoms with Crippen LogP contribution in [0, 0.1) is 17.1 Å². The first-order valence-electron chi connectivity index (χ1n) is 4.35. The summed E-state index contributed by atoms with van der Waals surface area (Å²) >= 11 is 0. The summed E-state index contributed by atoms with van der Waals surface area (Å²) in [5.41, 5.74) is 5.09. The summed E-state index contributed by atoms with van der Waals surface area (Å²) in [6, 6.07) is 3.37. The van der Waals surface area contributed by atoms with E-state index in [0.29, 0.717) is 0 Å². The number of nitrogens with two attached hydrogens (primary N) is 1. The molecule has 0 fully saturated rings. The SMILES string of the molecule is Cl.N#Cc1cc([C@H](N)CC(F)(F)F)ccc1F. The lowest BCUT2D eigenvalue weighted by atomic mass is 10.0. The van der Waals surface area contributed by atoms with Crippen LogP contribution in [0.15, 0.2) is 18.2 Å². The van der Waals surface area contributed by atoms with Crippen LogP contribution >= 0.6 is 12.4 Å². The zero-order chi connectivity index (χ0) is 12.3. The van der Waals surface area contributed by atoms with E-state index in [4.69, 9.17) is 11.0 Å². The van der Waals surface area contributed by atoms with Gasteiger partial charge in [-0.15, -0.1) is 12.4 Å². The molecule has 0 aromatic heterocycles. The van der Waals surface area contributed by atoms with Gasteiger partial charge >= 0.3 is 6.18 Å².